The van der Waals surface area contributed by atoms with E-state index in [1.54, 1.807) is 31.3 Å². The molecule has 6 heteroatoms. The number of likely N-dealkylation sites (N-methyl/N-ethyl adjacent to an activating group) is 1. The van der Waals surface area contributed by atoms with Crippen molar-refractivity contribution in [2.24, 2.45) is 10.3 Å². The first-order valence-electron chi connectivity index (χ1n) is 6.73. The minimum absolute atomic E-state index is 0.0434. The first-order chi connectivity index (χ1) is 10.1. The summed E-state index contributed by atoms with van der Waals surface area (Å²) in [4.78, 5) is 12.0. The lowest BCUT2D eigenvalue weighted by Crippen LogP contribution is -2.20. The Hall–Kier alpha value is -1.39. The molecule has 0 N–H and O–H groups in total. The predicted octanol–water partition coefficient (Wildman–Crippen LogP) is 4.74. The molecule has 0 unspecified atom stereocenters. The molecular formula is C15H19Cl2N3O. The molecule has 0 radical (unpaired) electrons. The maximum atomic E-state index is 12.0. The van der Waals surface area contributed by atoms with Gasteiger partial charge < -0.3 is 0 Å². The second kappa shape index (κ2) is 9.53. The lowest BCUT2D eigenvalue weighted by molar-refractivity contribution is 0.0944. The maximum absolute atomic E-state index is 12.0. The molecule has 0 amide bonds. The highest BCUT2D eigenvalue weighted by Crippen LogP contribution is 2.11. The molecule has 0 fully saturated rings. The Kier molecular flexibility index (Phi) is 8.01. The van der Waals surface area contributed by atoms with Gasteiger partial charge in [0.25, 0.3) is 0 Å². The molecule has 1 rings (SSSR count). The number of ketones is 1. The second-order valence-corrected chi connectivity index (χ2v) is 5.26. The van der Waals surface area contributed by atoms with E-state index in [1.807, 2.05) is 6.08 Å². The number of hydrogen-bond donors (Lipinski definition) is 0. The van der Waals surface area contributed by atoms with Gasteiger partial charge in [0, 0.05) is 17.6 Å². The summed E-state index contributed by atoms with van der Waals surface area (Å²) in [5.74, 6) is 0.265. The molecular weight excluding hydrogens is 309 g/mol. The first kappa shape index (κ1) is 17.7. The van der Waals surface area contributed by atoms with Crippen LogP contribution in [0.3, 0.4) is 0 Å². The second-order valence-electron chi connectivity index (χ2n) is 4.55. The van der Waals surface area contributed by atoms with Gasteiger partial charge in [-0.05, 0) is 30.7 Å². The molecule has 4 nitrogen and oxygen atoms in total. The van der Waals surface area contributed by atoms with Crippen LogP contribution in [0, 0.1) is 0 Å². The Morgan fingerprint density at radius 1 is 1.33 bits per heavy atom. The van der Waals surface area contributed by atoms with E-state index in [0.717, 1.165) is 12.8 Å². The fourth-order valence-corrected chi connectivity index (χ4v) is 1.82. The third kappa shape index (κ3) is 6.74. The van der Waals surface area contributed by atoms with Crippen LogP contribution in [0.1, 0.15) is 30.1 Å². The number of carbonyl (C=O) groups excluding carboxylic acids is 1. The molecule has 0 saturated heterocycles. The number of halogens is 2. The number of alkyl halides is 1. The van der Waals surface area contributed by atoms with Gasteiger partial charge in [-0.3, -0.25) is 9.80 Å². The van der Waals surface area contributed by atoms with E-state index >= 15 is 0 Å². The van der Waals surface area contributed by atoms with Crippen LogP contribution < -0.4 is 0 Å². The van der Waals surface area contributed by atoms with E-state index in [-0.39, 0.29) is 12.3 Å². The van der Waals surface area contributed by atoms with Crippen LogP contribution in [0.2, 0.25) is 5.02 Å². The number of benzene rings is 1. The fraction of sp³-hybridized carbons (Fsp3) is 0.400. The van der Waals surface area contributed by atoms with Crippen LogP contribution >= 0.6 is 23.2 Å². The number of unbranched alkanes of at least 4 members (excludes halogenated alkanes) is 1. The summed E-state index contributed by atoms with van der Waals surface area (Å²) in [7, 11) is 1.70. The minimum Gasteiger partial charge on any atom is -0.292 e. The highest BCUT2D eigenvalue weighted by Gasteiger charge is 2.08. The van der Waals surface area contributed by atoms with Crippen molar-refractivity contribution in [1.82, 2.24) is 5.01 Å². The lowest BCUT2D eigenvalue weighted by atomic mass is 10.1. The summed E-state index contributed by atoms with van der Waals surface area (Å²) in [6, 6.07) is 6.77. The highest BCUT2D eigenvalue weighted by molar-refractivity contribution is 6.30. The lowest BCUT2D eigenvalue weighted by Gasteiger charge is -2.10. The zero-order chi connectivity index (χ0) is 15.7. The Balaban J connectivity index is 2.58. The van der Waals surface area contributed by atoms with E-state index < -0.39 is 0 Å². The van der Waals surface area contributed by atoms with Crippen LogP contribution in [-0.4, -0.2) is 30.3 Å². The molecule has 0 heterocycles. The van der Waals surface area contributed by atoms with Crippen molar-refractivity contribution in [3.63, 3.8) is 0 Å². The van der Waals surface area contributed by atoms with Crippen molar-refractivity contribution >= 4 is 29.0 Å². The Morgan fingerprint density at radius 2 is 2.00 bits per heavy atom. The van der Waals surface area contributed by atoms with Crippen molar-refractivity contribution in [2.75, 3.05) is 19.5 Å². The number of allylic oxidation sites excluding steroid dienone is 2. The minimum atomic E-state index is -0.0434. The smallest absolute Gasteiger partial charge is 0.183 e. The number of Topliss-reactive ketones (excluding diaryl/α,β-unsaturated/α-hetero) is 1. The molecule has 114 valence electrons. The van der Waals surface area contributed by atoms with Crippen molar-refractivity contribution in [3.8, 4) is 0 Å². The van der Waals surface area contributed by atoms with Crippen molar-refractivity contribution in [3.05, 3.63) is 46.6 Å². The Labute approximate surface area is 135 Å². The molecule has 0 aliphatic rings. The van der Waals surface area contributed by atoms with E-state index in [9.17, 15) is 4.79 Å². The van der Waals surface area contributed by atoms with Crippen LogP contribution in [0.5, 0.6) is 0 Å². The number of rotatable bonds is 8. The molecule has 21 heavy (non-hydrogen) atoms. The van der Waals surface area contributed by atoms with E-state index in [1.165, 1.54) is 5.01 Å². The van der Waals surface area contributed by atoms with Crippen LogP contribution in [0.4, 0.5) is 0 Å². The molecule has 0 aromatic heterocycles. The third-order valence-electron chi connectivity index (χ3n) is 2.67. The normalized spacial score (nSPS) is 11.9. The predicted molar refractivity (Wildman–Crippen MR) is 87.0 cm³/mol. The largest absolute Gasteiger partial charge is 0.292 e. The monoisotopic (exact) mass is 327 g/mol. The number of hydrogen-bond acceptors (Lipinski definition) is 3. The van der Waals surface area contributed by atoms with Gasteiger partial charge in [-0.2, -0.15) is 0 Å². The SMILES string of the molecule is CCC/C=C(\CCl)N=NN(C)CC(=O)c1ccc(Cl)cc1. The van der Waals surface area contributed by atoms with Crippen molar-refractivity contribution in [2.45, 2.75) is 19.8 Å². The van der Waals surface area contributed by atoms with Gasteiger partial charge >= 0.3 is 0 Å². The summed E-state index contributed by atoms with van der Waals surface area (Å²) < 4.78 is 0. The molecule has 0 aliphatic carbocycles. The van der Waals surface area contributed by atoms with Crippen LogP contribution in [0.15, 0.2) is 46.4 Å². The van der Waals surface area contributed by atoms with Crippen molar-refractivity contribution < 1.29 is 4.79 Å². The third-order valence-corrected chi connectivity index (χ3v) is 3.20. The van der Waals surface area contributed by atoms with Gasteiger partial charge in [-0.15, -0.1) is 16.7 Å². The van der Waals surface area contributed by atoms with Crippen LogP contribution in [-0.2, 0) is 0 Å². The standard InChI is InChI=1S/C15H19Cl2N3O/c1-3-4-5-14(10-16)18-19-20(2)11-15(21)12-6-8-13(17)9-7-12/h5-9H,3-4,10-11H2,1-2H3/b14-5+,19-18?. The average molecular weight is 328 g/mol. The summed E-state index contributed by atoms with van der Waals surface area (Å²) >= 11 is 11.6. The summed E-state index contributed by atoms with van der Waals surface area (Å²) in [5, 5.41) is 10.1. The molecule has 0 aliphatic heterocycles. The van der Waals surface area contributed by atoms with Crippen molar-refractivity contribution in [1.29, 1.82) is 0 Å². The molecule has 1 aromatic carbocycles. The zero-order valence-corrected chi connectivity index (χ0v) is 13.7. The van der Waals surface area contributed by atoms with Gasteiger partial charge in [0.1, 0.15) is 6.54 Å². The van der Waals surface area contributed by atoms with Crippen LogP contribution in [0.25, 0.3) is 0 Å². The summed E-state index contributed by atoms with van der Waals surface area (Å²) in [6.45, 7) is 2.23. The first-order valence-corrected chi connectivity index (χ1v) is 7.64. The zero-order valence-electron chi connectivity index (χ0n) is 12.2. The molecule has 0 bridgehead atoms. The van der Waals surface area contributed by atoms with E-state index in [0.29, 0.717) is 22.2 Å². The Morgan fingerprint density at radius 3 is 2.57 bits per heavy atom. The molecule has 0 saturated carbocycles. The van der Waals surface area contributed by atoms with Gasteiger partial charge in [0.15, 0.2) is 5.78 Å². The summed E-state index contributed by atoms with van der Waals surface area (Å²) in [6.07, 6.45) is 3.89. The maximum Gasteiger partial charge on any atom is 0.183 e. The quantitative estimate of drug-likeness (QED) is 0.299. The highest BCUT2D eigenvalue weighted by atomic mass is 35.5. The summed E-state index contributed by atoms with van der Waals surface area (Å²) in [5.41, 5.74) is 1.31. The van der Waals surface area contributed by atoms with E-state index in [2.05, 4.69) is 17.3 Å². The van der Waals surface area contributed by atoms with E-state index in [4.69, 9.17) is 23.2 Å². The topological polar surface area (TPSA) is 45.0 Å². The molecule has 0 spiro atoms. The van der Waals surface area contributed by atoms with Gasteiger partial charge in [0.05, 0.1) is 11.6 Å². The molecule has 1 aromatic rings. The van der Waals surface area contributed by atoms with Gasteiger partial charge in [-0.25, -0.2) is 0 Å². The number of carbonyl (C=O) groups is 1. The Bertz CT molecular complexity index is 512. The molecule has 0 atom stereocenters. The average Bonchev–Trinajstić information content (AvgIpc) is 2.48. The van der Waals surface area contributed by atoms with Gasteiger partial charge in [0.2, 0.25) is 0 Å². The van der Waals surface area contributed by atoms with Gasteiger partial charge in [-0.1, -0.05) is 36.2 Å². The fourth-order valence-electron chi connectivity index (χ4n) is 1.53. The number of nitrogens with zero attached hydrogens (tertiary/aromatic N) is 3.